The van der Waals surface area contributed by atoms with E-state index in [1.54, 1.807) is 18.5 Å². The maximum Gasteiger partial charge on any atom is 0.331 e. The third kappa shape index (κ3) is 2.44. The second kappa shape index (κ2) is 4.54. The number of aliphatic carboxylic acids is 1. The highest BCUT2D eigenvalue weighted by atomic mass is 16.5. The molecular weight excluding hydrogens is 226 g/mol. The van der Waals surface area contributed by atoms with Crippen molar-refractivity contribution in [2.24, 2.45) is 0 Å². The molecule has 0 aliphatic carbocycles. The maximum absolute atomic E-state index is 11.7. The average Bonchev–Trinajstić information content (AvgIpc) is 2.89. The van der Waals surface area contributed by atoms with Gasteiger partial charge in [0.15, 0.2) is 5.54 Å². The van der Waals surface area contributed by atoms with Gasteiger partial charge in [0.1, 0.15) is 6.54 Å². The standard InChI is InChI=1S/C10H13N3O4/c14-8(6-13-4-1-3-11-13)12-10(9(15)16)2-5-17-7-10/h1,3-4H,2,5-7H2,(H,12,14)(H,15,16). The smallest absolute Gasteiger partial charge is 0.331 e. The predicted molar refractivity (Wildman–Crippen MR) is 56.2 cm³/mol. The minimum atomic E-state index is -1.29. The van der Waals surface area contributed by atoms with Crippen molar-refractivity contribution in [2.75, 3.05) is 13.2 Å². The highest BCUT2D eigenvalue weighted by Crippen LogP contribution is 2.18. The molecule has 0 radical (unpaired) electrons. The van der Waals surface area contributed by atoms with Gasteiger partial charge in [0, 0.05) is 25.4 Å². The van der Waals surface area contributed by atoms with E-state index in [0.29, 0.717) is 6.61 Å². The Morgan fingerprint density at radius 3 is 2.94 bits per heavy atom. The lowest BCUT2D eigenvalue weighted by Gasteiger charge is -2.23. The molecule has 0 bridgehead atoms. The molecule has 1 unspecified atom stereocenters. The summed E-state index contributed by atoms with van der Waals surface area (Å²) in [5, 5.41) is 15.5. The van der Waals surface area contributed by atoms with E-state index >= 15 is 0 Å². The summed E-state index contributed by atoms with van der Waals surface area (Å²) in [7, 11) is 0. The van der Waals surface area contributed by atoms with Crippen LogP contribution in [0.3, 0.4) is 0 Å². The molecule has 1 amide bonds. The van der Waals surface area contributed by atoms with Crippen LogP contribution in [0.25, 0.3) is 0 Å². The van der Waals surface area contributed by atoms with Crippen LogP contribution in [0.1, 0.15) is 6.42 Å². The Balaban J connectivity index is 1.99. The number of carbonyl (C=O) groups excluding carboxylic acids is 1. The van der Waals surface area contributed by atoms with Crippen LogP contribution in [0.2, 0.25) is 0 Å². The number of hydrogen-bond acceptors (Lipinski definition) is 4. The Bertz CT molecular complexity index is 409. The van der Waals surface area contributed by atoms with Crippen molar-refractivity contribution in [1.82, 2.24) is 15.1 Å². The number of carboxylic acids is 1. The van der Waals surface area contributed by atoms with Gasteiger partial charge < -0.3 is 15.2 Å². The van der Waals surface area contributed by atoms with Crippen molar-refractivity contribution in [3.63, 3.8) is 0 Å². The molecule has 7 heteroatoms. The van der Waals surface area contributed by atoms with Crippen molar-refractivity contribution < 1.29 is 19.4 Å². The quantitative estimate of drug-likeness (QED) is 0.720. The van der Waals surface area contributed by atoms with E-state index in [9.17, 15) is 9.59 Å². The van der Waals surface area contributed by atoms with Crippen LogP contribution < -0.4 is 5.32 Å². The molecule has 17 heavy (non-hydrogen) atoms. The molecule has 2 N–H and O–H groups in total. The lowest BCUT2D eigenvalue weighted by Crippen LogP contribution is -2.55. The lowest BCUT2D eigenvalue weighted by atomic mass is 9.99. The largest absolute Gasteiger partial charge is 0.479 e. The first kappa shape index (κ1) is 11.6. The Morgan fingerprint density at radius 2 is 2.41 bits per heavy atom. The zero-order valence-electron chi connectivity index (χ0n) is 9.13. The van der Waals surface area contributed by atoms with E-state index in [1.807, 2.05) is 0 Å². The molecule has 1 fully saturated rings. The lowest BCUT2D eigenvalue weighted by molar-refractivity contribution is -0.147. The minimum Gasteiger partial charge on any atom is -0.479 e. The molecule has 1 aliphatic heterocycles. The molecule has 0 aromatic carbocycles. The van der Waals surface area contributed by atoms with Crippen LogP contribution in [-0.2, 0) is 20.9 Å². The topological polar surface area (TPSA) is 93.5 Å². The first-order chi connectivity index (χ1) is 8.12. The Labute approximate surface area is 97.4 Å². The zero-order valence-corrected chi connectivity index (χ0v) is 9.13. The molecule has 1 aliphatic rings. The Hall–Kier alpha value is -1.89. The minimum absolute atomic E-state index is 0.00201. The summed E-state index contributed by atoms with van der Waals surface area (Å²) >= 11 is 0. The fourth-order valence-corrected chi connectivity index (χ4v) is 1.73. The molecule has 0 spiro atoms. The van der Waals surface area contributed by atoms with Gasteiger partial charge in [-0.25, -0.2) is 4.79 Å². The summed E-state index contributed by atoms with van der Waals surface area (Å²) in [4.78, 5) is 22.8. The summed E-state index contributed by atoms with van der Waals surface area (Å²) in [5.74, 6) is -1.45. The molecule has 7 nitrogen and oxygen atoms in total. The molecule has 92 valence electrons. The van der Waals surface area contributed by atoms with Crippen LogP contribution >= 0.6 is 0 Å². The number of carboxylic acid groups (broad SMARTS) is 1. The van der Waals surface area contributed by atoms with Crippen molar-refractivity contribution in [3.05, 3.63) is 18.5 Å². The fraction of sp³-hybridized carbons (Fsp3) is 0.500. The van der Waals surface area contributed by atoms with Gasteiger partial charge in [-0.3, -0.25) is 9.48 Å². The van der Waals surface area contributed by atoms with Crippen LogP contribution in [-0.4, -0.2) is 45.5 Å². The SMILES string of the molecule is O=C(Cn1cccn1)NC1(C(=O)O)CCOC1. The summed E-state index contributed by atoms with van der Waals surface area (Å²) < 4.78 is 6.47. The molecule has 1 aromatic heterocycles. The number of nitrogens with one attached hydrogen (secondary N) is 1. The van der Waals surface area contributed by atoms with Crippen LogP contribution in [0, 0.1) is 0 Å². The third-order valence-electron chi connectivity index (χ3n) is 2.67. The number of carbonyl (C=O) groups is 2. The van der Waals surface area contributed by atoms with Gasteiger partial charge in [-0.1, -0.05) is 0 Å². The van der Waals surface area contributed by atoms with Crippen LogP contribution in [0.5, 0.6) is 0 Å². The number of aromatic nitrogens is 2. The predicted octanol–water partition coefficient (Wildman–Crippen LogP) is -0.757. The van der Waals surface area contributed by atoms with E-state index in [4.69, 9.17) is 9.84 Å². The van der Waals surface area contributed by atoms with Crippen molar-refractivity contribution in [2.45, 2.75) is 18.5 Å². The second-order valence-electron chi connectivity index (χ2n) is 3.94. The Kier molecular flexibility index (Phi) is 3.10. The summed E-state index contributed by atoms with van der Waals surface area (Å²) in [6.45, 7) is 0.351. The van der Waals surface area contributed by atoms with Crippen molar-refractivity contribution in [1.29, 1.82) is 0 Å². The number of hydrogen-bond donors (Lipinski definition) is 2. The van der Waals surface area contributed by atoms with Crippen molar-refractivity contribution in [3.8, 4) is 0 Å². The molecule has 2 rings (SSSR count). The van der Waals surface area contributed by atoms with Gasteiger partial charge in [-0.05, 0) is 6.07 Å². The monoisotopic (exact) mass is 239 g/mol. The van der Waals surface area contributed by atoms with Gasteiger partial charge in [0.25, 0.3) is 0 Å². The molecular formula is C10H13N3O4. The van der Waals surface area contributed by atoms with Crippen molar-refractivity contribution >= 4 is 11.9 Å². The number of amides is 1. The zero-order chi connectivity index (χ0) is 12.3. The van der Waals surface area contributed by atoms with Gasteiger partial charge >= 0.3 is 5.97 Å². The van der Waals surface area contributed by atoms with Gasteiger partial charge in [0.05, 0.1) is 6.61 Å². The fourth-order valence-electron chi connectivity index (χ4n) is 1.73. The van der Waals surface area contributed by atoms with E-state index in [2.05, 4.69) is 10.4 Å². The van der Waals surface area contributed by atoms with Gasteiger partial charge in [0.2, 0.25) is 5.91 Å². The average molecular weight is 239 g/mol. The summed E-state index contributed by atoms with van der Waals surface area (Å²) in [6.07, 6.45) is 3.48. The highest BCUT2D eigenvalue weighted by molar-refractivity contribution is 5.87. The number of ether oxygens (including phenoxy) is 1. The van der Waals surface area contributed by atoms with E-state index in [1.165, 1.54) is 4.68 Å². The highest BCUT2D eigenvalue weighted by Gasteiger charge is 2.43. The third-order valence-corrected chi connectivity index (χ3v) is 2.67. The van der Waals surface area contributed by atoms with Crippen LogP contribution in [0.4, 0.5) is 0 Å². The molecule has 0 saturated carbocycles. The molecule has 2 heterocycles. The molecule has 1 atom stereocenters. The summed E-state index contributed by atoms with van der Waals surface area (Å²) in [6, 6.07) is 1.69. The second-order valence-corrected chi connectivity index (χ2v) is 3.94. The Morgan fingerprint density at radius 1 is 1.59 bits per heavy atom. The normalized spacial score (nSPS) is 23.5. The maximum atomic E-state index is 11.7. The number of nitrogens with zero attached hydrogens (tertiary/aromatic N) is 2. The van der Waals surface area contributed by atoms with E-state index < -0.39 is 11.5 Å². The van der Waals surface area contributed by atoms with Gasteiger partial charge in [-0.15, -0.1) is 0 Å². The molecule has 1 saturated heterocycles. The first-order valence-corrected chi connectivity index (χ1v) is 5.22. The number of rotatable bonds is 4. The summed E-state index contributed by atoms with van der Waals surface area (Å²) in [5.41, 5.74) is -1.29. The van der Waals surface area contributed by atoms with Crippen LogP contribution in [0.15, 0.2) is 18.5 Å². The van der Waals surface area contributed by atoms with Gasteiger partial charge in [-0.2, -0.15) is 5.10 Å². The molecule has 1 aromatic rings. The first-order valence-electron chi connectivity index (χ1n) is 5.22. The van der Waals surface area contributed by atoms with E-state index in [0.717, 1.165) is 0 Å². The van der Waals surface area contributed by atoms with E-state index in [-0.39, 0.29) is 25.5 Å².